The molecule has 5 nitrogen and oxygen atoms in total. The van der Waals surface area contributed by atoms with Gasteiger partial charge in [-0.2, -0.15) is 0 Å². The molecule has 0 aliphatic heterocycles. The van der Waals surface area contributed by atoms with Crippen molar-refractivity contribution in [2.75, 3.05) is 5.32 Å². The molecule has 1 aromatic heterocycles. The van der Waals surface area contributed by atoms with Crippen LogP contribution in [0.3, 0.4) is 0 Å². The number of nitrogens with one attached hydrogen (secondary N) is 1. The molecule has 1 amide bonds. The van der Waals surface area contributed by atoms with Gasteiger partial charge in [0.25, 0.3) is 5.91 Å². The number of anilines is 1. The molecule has 2 aromatic rings. The maximum absolute atomic E-state index is 13.6. The van der Waals surface area contributed by atoms with Crippen LogP contribution in [0.1, 0.15) is 31.7 Å². The van der Waals surface area contributed by atoms with Crippen molar-refractivity contribution in [2.24, 2.45) is 0 Å². The molecule has 0 fully saturated rings. The number of halogens is 1. The van der Waals surface area contributed by atoms with Crippen LogP contribution in [0.2, 0.25) is 0 Å². The molecule has 0 aliphatic carbocycles. The molecule has 0 unspecified atom stereocenters. The van der Waals surface area contributed by atoms with Crippen LogP contribution in [0, 0.1) is 5.82 Å². The fourth-order valence-electron chi connectivity index (χ4n) is 1.82. The van der Waals surface area contributed by atoms with Crippen LogP contribution in [-0.2, 0) is 11.2 Å². The van der Waals surface area contributed by atoms with Crippen molar-refractivity contribution < 1.29 is 13.9 Å². The van der Waals surface area contributed by atoms with Crippen LogP contribution >= 0.6 is 11.3 Å². The number of para-hydroxylation sites is 1. The minimum atomic E-state index is -0.782. The Balaban J connectivity index is 2.00. The Morgan fingerprint density at radius 2 is 2.14 bits per heavy atom. The summed E-state index contributed by atoms with van der Waals surface area (Å²) in [6.07, 6.45) is 1.43. The maximum atomic E-state index is 13.6. The second-order valence-corrected chi connectivity index (χ2v) is 5.75. The van der Waals surface area contributed by atoms with E-state index >= 15 is 0 Å². The number of aromatic nitrogens is 2. The summed E-state index contributed by atoms with van der Waals surface area (Å²) in [5.41, 5.74) is 0. The highest BCUT2D eigenvalue weighted by Crippen LogP contribution is 2.20. The Labute approximate surface area is 132 Å². The number of nitrogens with zero attached hydrogens (tertiary/aromatic N) is 2. The van der Waals surface area contributed by atoms with E-state index in [-0.39, 0.29) is 11.7 Å². The van der Waals surface area contributed by atoms with Gasteiger partial charge in [0.15, 0.2) is 17.7 Å². The van der Waals surface area contributed by atoms with E-state index in [9.17, 15) is 9.18 Å². The minimum absolute atomic E-state index is 0.0634. The van der Waals surface area contributed by atoms with E-state index in [1.807, 2.05) is 0 Å². The molecule has 1 atom stereocenters. The molecule has 22 heavy (non-hydrogen) atoms. The highest BCUT2D eigenvalue weighted by molar-refractivity contribution is 7.15. The molecule has 1 aromatic carbocycles. The highest BCUT2D eigenvalue weighted by atomic mass is 32.1. The lowest BCUT2D eigenvalue weighted by Gasteiger charge is -2.16. The topological polar surface area (TPSA) is 64.1 Å². The number of hydrogen-bond donors (Lipinski definition) is 1. The lowest BCUT2D eigenvalue weighted by Crippen LogP contribution is -2.32. The average Bonchev–Trinajstić information content (AvgIpc) is 2.94. The molecule has 0 radical (unpaired) electrons. The molecule has 0 saturated carbocycles. The largest absolute Gasteiger partial charge is 0.478 e. The van der Waals surface area contributed by atoms with Crippen LogP contribution < -0.4 is 10.1 Å². The van der Waals surface area contributed by atoms with Crippen LogP contribution in [0.25, 0.3) is 0 Å². The van der Waals surface area contributed by atoms with Crippen molar-refractivity contribution >= 4 is 22.4 Å². The number of carbonyl (C=O) groups excluding carboxylic acids is 1. The monoisotopic (exact) mass is 323 g/mol. The standard InChI is InChI=1S/C15H18FN3O2S/c1-3-7-13-18-19-15(22-13)17-14(20)11(4-2)21-12-9-6-5-8-10(12)16/h5-6,8-9,11H,3-4,7H2,1-2H3,(H,17,19,20)/t11-/m1/s1. The summed E-state index contributed by atoms with van der Waals surface area (Å²) in [5, 5.41) is 11.9. The molecule has 0 saturated heterocycles. The molecular weight excluding hydrogens is 305 g/mol. The Bertz CT molecular complexity index is 633. The van der Waals surface area contributed by atoms with E-state index in [1.54, 1.807) is 19.1 Å². The van der Waals surface area contributed by atoms with Gasteiger partial charge in [0, 0.05) is 6.42 Å². The van der Waals surface area contributed by atoms with Crippen molar-refractivity contribution in [1.29, 1.82) is 0 Å². The zero-order valence-electron chi connectivity index (χ0n) is 12.5. The van der Waals surface area contributed by atoms with Crippen LogP contribution in [-0.4, -0.2) is 22.2 Å². The van der Waals surface area contributed by atoms with E-state index in [2.05, 4.69) is 22.4 Å². The first-order chi connectivity index (χ1) is 10.6. The number of aryl methyl sites for hydroxylation is 1. The molecule has 0 bridgehead atoms. The zero-order valence-corrected chi connectivity index (χ0v) is 13.3. The second kappa shape index (κ2) is 7.84. The summed E-state index contributed by atoms with van der Waals surface area (Å²) in [5.74, 6) is -0.784. The smallest absolute Gasteiger partial charge is 0.267 e. The van der Waals surface area contributed by atoms with Gasteiger partial charge in [-0.25, -0.2) is 4.39 Å². The van der Waals surface area contributed by atoms with Gasteiger partial charge < -0.3 is 4.74 Å². The van der Waals surface area contributed by atoms with Crippen molar-refractivity contribution in [1.82, 2.24) is 10.2 Å². The normalized spacial score (nSPS) is 12.0. The van der Waals surface area contributed by atoms with Gasteiger partial charge in [-0.3, -0.25) is 10.1 Å². The lowest BCUT2D eigenvalue weighted by atomic mass is 10.2. The van der Waals surface area contributed by atoms with Crippen molar-refractivity contribution in [2.45, 2.75) is 39.2 Å². The number of benzene rings is 1. The number of carbonyl (C=O) groups is 1. The Hall–Kier alpha value is -2.02. The summed E-state index contributed by atoms with van der Waals surface area (Å²) in [6.45, 7) is 3.85. The van der Waals surface area contributed by atoms with Gasteiger partial charge in [0.05, 0.1) is 0 Å². The molecule has 0 spiro atoms. The molecule has 1 N–H and O–H groups in total. The predicted molar refractivity (Wildman–Crippen MR) is 83.6 cm³/mol. The van der Waals surface area contributed by atoms with Gasteiger partial charge >= 0.3 is 0 Å². The van der Waals surface area contributed by atoms with Gasteiger partial charge in [-0.15, -0.1) is 10.2 Å². The summed E-state index contributed by atoms with van der Waals surface area (Å²) in [4.78, 5) is 12.2. The first-order valence-corrected chi connectivity index (χ1v) is 8.00. The van der Waals surface area contributed by atoms with Crippen molar-refractivity contribution in [3.63, 3.8) is 0 Å². The predicted octanol–water partition coefficient (Wildman–Crippen LogP) is 3.43. The number of rotatable bonds is 7. The first-order valence-electron chi connectivity index (χ1n) is 7.18. The Morgan fingerprint density at radius 1 is 1.36 bits per heavy atom. The fourth-order valence-corrected chi connectivity index (χ4v) is 2.67. The number of amides is 1. The van der Waals surface area contributed by atoms with Crippen LogP contribution in [0.15, 0.2) is 24.3 Å². The SMILES string of the molecule is CCCc1nnc(NC(=O)[C@@H](CC)Oc2ccccc2F)s1. The summed E-state index contributed by atoms with van der Waals surface area (Å²) < 4.78 is 19.0. The molecule has 7 heteroatoms. The van der Waals surface area contributed by atoms with Crippen molar-refractivity contribution in [3.05, 3.63) is 35.1 Å². The minimum Gasteiger partial charge on any atom is -0.478 e. The van der Waals surface area contributed by atoms with E-state index in [4.69, 9.17) is 4.74 Å². The third-order valence-electron chi connectivity index (χ3n) is 2.93. The van der Waals surface area contributed by atoms with Gasteiger partial charge in [-0.1, -0.05) is 37.3 Å². The van der Waals surface area contributed by atoms with Crippen LogP contribution in [0.4, 0.5) is 9.52 Å². The van der Waals surface area contributed by atoms with Crippen molar-refractivity contribution in [3.8, 4) is 5.75 Å². The fraction of sp³-hybridized carbons (Fsp3) is 0.400. The molecule has 0 aliphatic rings. The quantitative estimate of drug-likeness (QED) is 0.848. The van der Waals surface area contributed by atoms with E-state index in [0.29, 0.717) is 11.6 Å². The van der Waals surface area contributed by atoms with E-state index in [1.165, 1.54) is 23.5 Å². The average molecular weight is 323 g/mol. The summed E-state index contributed by atoms with van der Waals surface area (Å²) >= 11 is 1.34. The summed E-state index contributed by atoms with van der Waals surface area (Å²) in [7, 11) is 0. The maximum Gasteiger partial charge on any atom is 0.267 e. The first kappa shape index (κ1) is 16.4. The number of hydrogen-bond acceptors (Lipinski definition) is 5. The molecule has 118 valence electrons. The zero-order chi connectivity index (χ0) is 15.9. The van der Waals surface area contributed by atoms with Gasteiger partial charge in [0.1, 0.15) is 5.01 Å². The third-order valence-corrected chi connectivity index (χ3v) is 3.83. The molecule has 1 heterocycles. The summed E-state index contributed by atoms with van der Waals surface area (Å²) in [6, 6.07) is 6.02. The van der Waals surface area contributed by atoms with Crippen LogP contribution in [0.5, 0.6) is 5.75 Å². The molecular formula is C15H18FN3O2S. The highest BCUT2D eigenvalue weighted by Gasteiger charge is 2.21. The Morgan fingerprint density at radius 3 is 2.82 bits per heavy atom. The second-order valence-electron chi connectivity index (χ2n) is 4.69. The van der Waals surface area contributed by atoms with Gasteiger partial charge in [-0.05, 0) is 25.0 Å². The Kier molecular flexibility index (Phi) is 5.83. The van der Waals surface area contributed by atoms with Gasteiger partial charge in [0.2, 0.25) is 5.13 Å². The number of ether oxygens (including phenoxy) is 1. The van der Waals surface area contributed by atoms with E-state index in [0.717, 1.165) is 17.8 Å². The lowest BCUT2D eigenvalue weighted by molar-refractivity contribution is -0.122. The van der Waals surface area contributed by atoms with E-state index < -0.39 is 11.9 Å². The molecule has 2 rings (SSSR count). The third kappa shape index (κ3) is 4.24.